The van der Waals surface area contributed by atoms with E-state index in [4.69, 9.17) is 9.47 Å². The van der Waals surface area contributed by atoms with Gasteiger partial charge < -0.3 is 14.8 Å². The monoisotopic (exact) mass is 316 g/mol. The van der Waals surface area contributed by atoms with Crippen LogP contribution in [0.4, 0.5) is 0 Å². The van der Waals surface area contributed by atoms with Crippen LogP contribution in [-0.2, 0) is 4.79 Å². The number of ether oxygens (including phenoxy) is 2. The largest absolute Gasteiger partial charge is 0.454 e. The molecular formula is C18H24N2O3. The third-order valence-corrected chi connectivity index (χ3v) is 5.03. The van der Waals surface area contributed by atoms with Crippen LogP contribution in [0.3, 0.4) is 0 Å². The third kappa shape index (κ3) is 3.29. The summed E-state index contributed by atoms with van der Waals surface area (Å²) in [5.74, 6) is 2.10. The van der Waals surface area contributed by atoms with E-state index in [2.05, 4.69) is 22.3 Å². The lowest BCUT2D eigenvalue weighted by Crippen LogP contribution is -2.41. The molecule has 1 unspecified atom stereocenters. The second-order valence-electron chi connectivity index (χ2n) is 6.74. The number of carbonyl (C=O) groups is 1. The molecule has 0 spiro atoms. The van der Waals surface area contributed by atoms with Gasteiger partial charge in [0.25, 0.3) is 0 Å². The molecule has 4 rings (SSSR count). The molecule has 1 saturated carbocycles. The lowest BCUT2D eigenvalue weighted by atomic mass is 10.0. The lowest BCUT2D eigenvalue weighted by molar-refractivity contribution is -0.122. The number of fused-ring (bicyclic) bond motifs is 1. The molecule has 0 bridgehead atoms. The average molecular weight is 316 g/mol. The summed E-state index contributed by atoms with van der Waals surface area (Å²) in [6.45, 7) is 3.16. The van der Waals surface area contributed by atoms with Crippen LogP contribution < -0.4 is 14.8 Å². The molecule has 1 N–H and O–H groups in total. The Bertz CT molecular complexity index is 580. The van der Waals surface area contributed by atoms with Crippen molar-refractivity contribution < 1.29 is 14.3 Å². The highest BCUT2D eigenvalue weighted by Crippen LogP contribution is 2.36. The second-order valence-corrected chi connectivity index (χ2v) is 6.74. The third-order valence-electron chi connectivity index (χ3n) is 5.03. The minimum absolute atomic E-state index is 0.215. The molecule has 2 aliphatic heterocycles. The predicted molar refractivity (Wildman–Crippen MR) is 86.5 cm³/mol. The Morgan fingerprint density at radius 1 is 1.17 bits per heavy atom. The highest BCUT2D eigenvalue weighted by molar-refractivity contribution is 5.80. The first-order valence-corrected chi connectivity index (χ1v) is 8.72. The number of rotatable bonds is 5. The van der Waals surface area contributed by atoms with E-state index in [0.29, 0.717) is 13.3 Å². The highest BCUT2D eigenvalue weighted by Gasteiger charge is 2.31. The van der Waals surface area contributed by atoms with Gasteiger partial charge in [-0.3, -0.25) is 9.69 Å². The Hall–Kier alpha value is -1.75. The van der Waals surface area contributed by atoms with Gasteiger partial charge in [0.1, 0.15) is 0 Å². The van der Waals surface area contributed by atoms with Gasteiger partial charge >= 0.3 is 0 Å². The summed E-state index contributed by atoms with van der Waals surface area (Å²) in [6.07, 6.45) is 5.86. The fourth-order valence-electron chi connectivity index (χ4n) is 3.50. The van der Waals surface area contributed by atoms with Gasteiger partial charge in [-0.25, -0.2) is 0 Å². The van der Waals surface area contributed by atoms with Gasteiger partial charge in [0, 0.05) is 12.5 Å². The molecule has 2 heterocycles. The van der Waals surface area contributed by atoms with Crippen molar-refractivity contribution in [3.05, 3.63) is 23.8 Å². The minimum atomic E-state index is 0.215. The van der Waals surface area contributed by atoms with Gasteiger partial charge in [0.05, 0.1) is 6.04 Å². The number of amides is 1. The Morgan fingerprint density at radius 3 is 2.74 bits per heavy atom. The number of benzene rings is 1. The van der Waals surface area contributed by atoms with Crippen molar-refractivity contribution in [2.75, 3.05) is 26.4 Å². The van der Waals surface area contributed by atoms with E-state index in [-0.39, 0.29) is 17.9 Å². The Morgan fingerprint density at radius 2 is 1.96 bits per heavy atom. The van der Waals surface area contributed by atoms with Crippen LogP contribution in [0.25, 0.3) is 0 Å². The van der Waals surface area contributed by atoms with E-state index in [1.54, 1.807) is 0 Å². The smallest absolute Gasteiger partial charge is 0.231 e. The van der Waals surface area contributed by atoms with Crippen molar-refractivity contribution >= 4 is 5.91 Å². The fraction of sp³-hybridized carbons (Fsp3) is 0.611. The molecule has 1 aromatic rings. The number of nitrogens with zero attached hydrogens (tertiary/aromatic N) is 1. The number of hydrogen-bond acceptors (Lipinski definition) is 4. The Balaban J connectivity index is 1.51. The van der Waals surface area contributed by atoms with E-state index in [1.807, 2.05) is 6.07 Å². The molecule has 124 valence electrons. The number of carbonyl (C=O) groups excluding carboxylic acids is 1. The molecule has 1 amide bonds. The number of likely N-dealkylation sites (tertiary alicyclic amines) is 1. The second kappa shape index (κ2) is 6.40. The standard InChI is InChI=1S/C18H24N2O3/c21-18(13-4-5-13)19-11-15(20-8-2-1-3-9-20)14-6-7-16-17(10-14)23-12-22-16/h6-7,10,13,15H,1-5,8-9,11-12H2,(H,19,21). The minimum Gasteiger partial charge on any atom is -0.454 e. The SMILES string of the molecule is O=C(NCC(c1ccc2c(c1)OCO2)N1CCCCC1)C1CC1. The van der Waals surface area contributed by atoms with E-state index >= 15 is 0 Å². The van der Waals surface area contributed by atoms with E-state index in [0.717, 1.165) is 37.4 Å². The van der Waals surface area contributed by atoms with Crippen molar-refractivity contribution in [1.82, 2.24) is 10.2 Å². The van der Waals surface area contributed by atoms with Crippen molar-refractivity contribution in [2.24, 2.45) is 5.92 Å². The maximum atomic E-state index is 12.0. The Kier molecular flexibility index (Phi) is 4.12. The van der Waals surface area contributed by atoms with E-state index < -0.39 is 0 Å². The van der Waals surface area contributed by atoms with Gasteiger partial charge in [-0.2, -0.15) is 0 Å². The van der Waals surface area contributed by atoms with E-state index in [1.165, 1.54) is 24.8 Å². The maximum Gasteiger partial charge on any atom is 0.231 e. The molecule has 1 atom stereocenters. The predicted octanol–water partition coefficient (Wildman–Crippen LogP) is 2.47. The molecule has 0 radical (unpaired) electrons. The molecule has 1 aliphatic carbocycles. The van der Waals surface area contributed by atoms with Crippen molar-refractivity contribution in [3.8, 4) is 11.5 Å². The van der Waals surface area contributed by atoms with Crippen molar-refractivity contribution in [2.45, 2.75) is 38.1 Å². The fourth-order valence-corrected chi connectivity index (χ4v) is 3.50. The van der Waals surface area contributed by atoms with Gasteiger partial charge in [-0.1, -0.05) is 12.5 Å². The zero-order chi connectivity index (χ0) is 15.6. The zero-order valence-corrected chi connectivity index (χ0v) is 13.4. The summed E-state index contributed by atoms with van der Waals surface area (Å²) < 4.78 is 10.9. The number of nitrogens with one attached hydrogen (secondary N) is 1. The van der Waals surface area contributed by atoms with Crippen LogP contribution in [0.2, 0.25) is 0 Å². The number of hydrogen-bond donors (Lipinski definition) is 1. The molecular weight excluding hydrogens is 292 g/mol. The van der Waals surface area contributed by atoms with Crippen LogP contribution in [0.5, 0.6) is 11.5 Å². The van der Waals surface area contributed by atoms with Crippen LogP contribution in [0.15, 0.2) is 18.2 Å². The summed E-state index contributed by atoms with van der Waals surface area (Å²) in [7, 11) is 0. The molecule has 3 aliphatic rings. The highest BCUT2D eigenvalue weighted by atomic mass is 16.7. The van der Waals surface area contributed by atoms with Gasteiger partial charge in [-0.15, -0.1) is 0 Å². The topological polar surface area (TPSA) is 50.8 Å². The van der Waals surface area contributed by atoms with Crippen LogP contribution in [0.1, 0.15) is 43.7 Å². The van der Waals surface area contributed by atoms with Gasteiger partial charge in [0.15, 0.2) is 11.5 Å². The summed E-state index contributed by atoms with van der Waals surface area (Å²) in [4.78, 5) is 14.5. The van der Waals surface area contributed by atoms with Crippen molar-refractivity contribution in [1.29, 1.82) is 0 Å². The van der Waals surface area contributed by atoms with Crippen molar-refractivity contribution in [3.63, 3.8) is 0 Å². The molecule has 23 heavy (non-hydrogen) atoms. The first kappa shape index (κ1) is 14.8. The maximum absolute atomic E-state index is 12.0. The normalized spacial score (nSPS) is 21.9. The van der Waals surface area contributed by atoms with Crippen LogP contribution >= 0.6 is 0 Å². The molecule has 2 fully saturated rings. The summed E-state index contributed by atoms with van der Waals surface area (Å²) in [5.41, 5.74) is 1.20. The lowest BCUT2D eigenvalue weighted by Gasteiger charge is -2.35. The van der Waals surface area contributed by atoms with Gasteiger partial charge in [0.2, 0.25) is 12.7 Å². The van der Waals surface area contributed by atoms with Crippen LogP contribution in [-0.4, -0.2) is 37.2 Å². The Labute approximate surface area is 136 Å². The molecule has 1 aromatic carbocycles. The quantitative estimate of drug-likeness (QED) is 0.907. The molecule has 0 aromatic heterocycles. The summed E-state index contributed by atoms with van der Waals surface area (Å²) >= 11 is 0. The molecule has 5 heteroatoms. The first-order valence-electron chi connectivity index (χ1n) is 8.72. The first-order chi connectivity index (χ1) is 11.3. The zero-order valence-electron chi connectivity index (χ0n) is 13.4. The summed E-state index contributed by atoms with van der Waals surface area (Å²) in [6, 6.07) is 6.38. The van der Waals surface area contributed by atoms with Crippen LogP contribution in [0, 0.1) is 5.92 Å². The van der Waals surface area contributed by atoms with E-state index in [9.17, 15) is 4.79 Å². The summed E-state index contributed by atoms with van der Waals surface area (Å²) in [5, 5.41) is 3.16. The number of piperidine rings is 1. The molecule has 5 nitrogen and oxygen atoms in total. The average Bonchev–Trinajstić information content (AvgIpc) is 3.34. The van der Waals surface area contributed by atoms with Gasteiger partial charge in [-0.05, 0) is 56.5 Å². The molecule has 1 saturated heterocycles.